The van der Waals surface area contributed by atoms with Gasteiger partial charge in [0.25, 0.3) is 0 Å². The van der Waals surface area contributed by atoms with Gasteiger partial charge >= 0.3 is 0 Å². The lowest BCUT2D eigenvalue weighted by Gasteiger charge is -2.38. The fraction of sp³-hybridized carbons (Fsp3) is 0.818. The minimum atomic E-state index is -0.107. The summed E-state index contributed by atoms with van der Waals surface area (Å²) in [4.78, 5) is 0. The summed E-state index contributed by atoms with van der Waals surface area (Å²) in [7, 11) is 0. The van der Waals surface area contributed by atoms with E-state index in [0.29, 0.717) is 23.2 Å². The van der Waals surface area contributed by atoms with Crippen molar-refractivity contribution >= 4 is 24.0 Å². The molecule has 0 saturated carbocycles. The zero-order chi connectivity index (χ0) is 17.7. The van der Waals surface area contributed by atoms with Crippen molar-refractivity contribution in [1.82, 2.24) is 0 Å². The summed E-state index contributed by atoms with van der Waals surface area (Å²) in [5.41, 5.74) is 8.32. The molecule has 2 heteroatoms. The van der Waals surface area contributed by atoms with Gasteiger partial charge in [0.15, 0.2) is 0 Å². The van der Waals surface area contributed by atoms with Crippen LogP contribution in [-0.2, 0) is 0 Å². The Morgan fingerprint density at radius 3 is 2.46 bits per heavy atom. The number of hydrogen-bond acceptors (Lipinski definition) is 1. The van der Waals surface area contributed by atoms with Crippen LogP contribution in [0, 0.1) is 23.2 Å². The zero-order valence-electron chi connectivity index (χ0n) is 17.2. The largest absolute Gasteiger partial charge is 0.325 e. The predicted molar refractivity (Wildman–Crippen MR) is 120 cm³/mol. The quantitative estimate of drug-likeness (QED) is 0.239. The molecule has 3 atom stereocenters. The maximum absolute atomic E-state index is 6.51. The molecule has 1 nitrogen and oxygen atoms in total. The highest BCUT2D eigenvalue weighted by molar-refractivity contribution is 14.0. The molecule has 0 amide bonds. The summed E-state index contributed by atoms with van der Waals surface area (Å²) in [5, 5.41) is 0. The normalized spacial score (nSPS) is 23.5. The van der Waals surface area contributed by atoms with Crippen molar-refractivity contribution in [2.75, 3.05) is 0 Å². The highest BCUT2D eigenvalue weighted by Gasteiger charge is 2.32. The third kappa shape index (κ3) is 7.19. The molecule has 0 heterocycles. The van der Waals surface area contributed by atoms with Crippen LogP contribution in [-0.4, -0.2) is 5.54 Å². The average molecular weight is 447 g/mol. The van der Waals surface area contributed by atoms with Crippen molar-refractivity contribution < 1.29 is 0 Å². The van der Waals surface area contributed by atoms with Gasteiger partial charge in [-0.2, -0.15) is 0 Å². The van der Waals surface area contributed by atoms with Gasteiger partial charge in [0.2, 0.25) is 0 Å². The van der Waals surface area contributed by atoms with E-state index < -0.39 is 0 Å². The molecule has 0 aromatic carbocycles. The topological polar surface area (TPSA) is 26.0 Å². The van der Waals surface area contributed by atoms with E-state index in [2.05, 4.69) is 66.7 Å². The molecule has 0 fully saturated rings. The summed E-state index contributed by atoms with van der Waals surface area (Å²) in [6, 6.07) is 0. The molecular formula is C22H42IN. The van der Waals surface area contributed by atoms with Gasteiger partial charge in [0.1, 0.15) is 0 Å². The van der Waals surface area contributed by atoms with E-state index in [4.69, 9.17) is 5.73 Å². The molecule has 0 spiro atoms. The molecule has 3 unspecified atom stereocenters. The summed E-state index contributed by atoms with van der Waals surface area (Å²) in [6.07, 6.45) is 15.0. The van der Waals surface area contributed by atoms with E-state index in [0.717, 1.165) is 0 Å². The maximum atomic E-state index is 6.51. The Balaban J connectivity index is 0.00000529. The maximum Gasteiger partial charge on any atom is 0.0131 e. The minimum absolute atomic E-state index is 0. The Labute approximate surface area is 169 Å². The van der Waals surface area contributed by atoms with Gasteiger partial charge in [0.05, 0.1) is 0 Å². The van der Waals surface area contributed by atoms with Gasteiger partial charge in [-0.25, -0.2) is 0 Å². The standard InChI is InChI=1S/C22H41N.HI/c1-8-9-10-13-20(22(6,7)23)18(3)14-15-19-17(2)12-11-16-21(19,4)5;/h12,14-15,18-20H,8-11,13,16,23H2,1-7H3;1H. The average Bonchev–Trinajstić information content (AvgIpc) is 2.40. The number of halogens is 1. The highest BCUT2D eigenvalue weighted by Crippen LogP contribution is 2.42. The number of nitrogens with two attached hydrogens (primary N) is 1. The van der Waals surface area contributed by atoms with Crippen LogP contribution in [0.5, 0.6) is 0 Å². The van der Waals surface area contributed by atoms with Crippen molar-refractivity contribution in [3.63, 3.8) is 0 Å². The first-order valence-corrected chi connectivity index (χ1v) is 9.73. The van der Waals surface area contributed by atoms with Crippen molar-refractivity contribution in [3.8, 4) is 0 Å². The number of unbranched alkanes of at least 4 members (excludes halogenated alkanes) is 2. The summed E-state index contributed by atoms with van der Waals surface area (Å²) >= 11 is 0. The van der Waals surface area contributed by atoms with E-state index in [9.17, 15) is 0 Å². The fourth-order valence-corrected chi connectivity index (χ4v) is 4.33. The Bertz CT molecular complexity index is 414. The van der Waals surface area contributed by atoms with Crippen LogP contribution >= 0.6 is 24.0 Å². The van der Waals surface area contributed by atoms with Crippen LogP contribution < -0.4 is 5.73 Å². The zero-order valence-corrected chi connectivity index (χ0v) is 19.5. The van der Waals surface area contributed by atoms with Crippen LogP contribution in [0.1, 0.15) is 87.0 Å². The molecule has 1 aliphatic rings. The summed E-state index contributed by atoms with van der Waals surface area (Å²) in [6.45, 7) is 16.1. The second kappa shape index (κ2) is 10.4. The van der Waals surface area contributed by atoms with Crippen molar-refractivity contribution in [2.45, 2.75) is 92.5 Å². The van der Waals surface area contributed by atoms with E-state index in [1.807, 2.05) is 0 Å². The Kier molecular flexibility index (Phi) is 10.4. The van der Waals surface area contributed by atoms with E-state index in [1.54, 1.807) is 5.57 Å². The molecule has 0 radical (unpaired) electrons. The molecule has 1 aliphatic carbocycles. The monoisotopic (exact) mass is 447 g/mol. The first kappa shape index (κ1) is 24.2. The summed E-state index contributed by atoms with van der Waals surface area (Å²) in [5.74, 6) is 1.68. The van der Waals surface area contributed by atoms with Crippen LogP contribution in [0.25, 0.3) is 0 Å². The Morgan fingerprint density at radius 2 is 1.96 bits per heavy atom. The van der Waals surface area contributed by atoms with Crippen LogP contribution in [0.4, 0.5) is 0 Å². The fourth-order valence-electron chi connectivity index (χ4n) is 4.33. The van der Waals surface area contributed by atoms with Gasteiger partial charge in [-0.05, 0) is 57.3 Å². The number of hydrogen-bond donors (Lipinski definition) is 1. The lowest BCUT2D eigenvalue weighted by atomic mass is 9.68. The molecule has 2 N–H and O–H groups in total. The van der Waals surface area contributed by atoms with Gasteiger partial charge < -0.3 is 5.73 Å². The molecule has 0 aromatic heterocycles. The lowest BCUT2D eigenvalue weighted by molar-refractivity contribution is 0.234. The number of allylic oxidation sites excluding steroid dienone is 4. The third-order valence-corrected chi connectivity index (χ3v) is 5.90. The first-order valence-electron chi connectivity index (χ1n) is 9.73. The van der Waals surface area contributed by atoms with Crippen molar-refractivity contribution in [2.24, 2.45) is 28.9 Å². The SMILES string of the molecule is CCCCCC(C(C)C=CC1C(C)=CCCC1(C)C)C(C)(C)N.I. The highest BCUT2D eigenvalue weighted by atomic mass is 127. The molecule has 0 aliphatic heterocycles. The molecule has 142 valence electrons. The lowest BCUT2D eigenvalue weighted by Crippen LogP contribution is -2.43. The Morgan fingerprint density at radius 1 is 1.33 bits per heavy atom. The summed E-state index contributed by atoms with van der Waals surface area (Å²) < 4.78 is 0. The van der Waals surface area contributed by atoms with Crippen LogP contribution in [0.3, 0.4) is 0 Å². The molecule has 0 bridgehead atoms. The smallest absolute Gasteiger partial charge is 0.0131 e. The second-order valence-corrected chi connectivity index (χ2v) is 9.12. The molecule has 0 saturated heterocycles. The van der Waals surface area contributed by atoms with Crippen molar-refractivity contribution in [3.05, 3.63) is 23.8 Å². The van der Waals surface area contributed by atoms with Crippen LogP contribution in [0.2, 0.25) is 0 Å². The van der Waals surface area contributed by atoms with Crippen LogP contribution in [0.15, 0.2) is 23.8 Å². The molecule has 1 rings (SSSR count). The van der Waals surface area contributed by atoms with E-state index in [-0.39, 0.29) is 29.5 Å². The molecular weight excluding hydrogens is 405 g/mol. The van der Waals surface area contributed by atoms with Gasteiger partial charge in [-0.1, -0.05) is 70.8 Å². The second-order valence-electron chi connectivity index (χ2n) is 9.12. The van der Waals surface area contributed by atoms with Crippen molar-refractivity contribution in [1.29, 1.82) is 0 Å². The predicted octanol–water partition coefficient (Wildman–Crippen LogP) is 7.11. The van der Waals surface area contributed by atoms with E-state index in [1.165, 1.54) is 38.5 Å². The first-order chi connectivity index (χ1) is 10.6. The molecule has 0 aromatic rings. The number of rotatable bonds is 8. The van der Waals surface area contributed by atoms with Gasteiger partial charge in [0, 0.05) is 11.5 Å². The van der Waals surface area contributed by atoms with E-state index >= 15 is 0 Å². The minimum Gasteiger partial charge on any atom is -0.325 e. The molecule has 24 heavy (non-hydrogen) atoms. The third-order valence-electron chi connectivity index (χ3n) is 5.90. The van der Waals surface area contributed by atoms with Gasteiger partial charge in [-0.15, -0.1) is 24.0 Å². The van der Waals surface area contributed by atoms with Gasteiger partial charge in [-0.3, -0.25) is 0 Å². The Hall–Kier alpha value is 0.170.